The van der Waals surface area contributed by atoms with E-state index in [4.69, 9.17) is 0 Å². The van der Waals surface area contributed by atoms with Gasteiger partial charge in [-0.05, 0) is 39.5 Å². The van der Waals surface area contributed by atoms with Crippen LogP contribution in [0.1, 0.15) is 53.9 Å². The molecule has 82 valence electrons. The Morgan fingerprint density at radius 1 is 1.43 bits per heavy atom. The molecule has 0 N–H and O–H groups in total. The normalized spacial score (nSPS) is 23.7. The summed E-state index contributed by atoms with van der Waals surface area (Å²) >= 11 is 0. The van der Waals surface area contributed by atoms with Crippen molar-refractivity contribution in [3.63, 3.8) is 0 Å². The van der Waals surface area contributed by atoms with Crippen molar-refractivity contribution in [2.24, 2.45) is 5.92 Å². The van der Waals surface area contributed by atoms with E-state index in [0.717, 1.165) is 19.3 Å². The third-order valence-electron chi connectivity index (χ3n) is 2.79. The summed E-state index contributed by atoms with van der Waals surface area (Å²) in [7, 11) is 0. The highest BCUT2D eigenvalue weighted by atomic mass is 16.2. The number of hydrogen-bond donors (Lipinski definition) is 0. The standard InChI is InChI=1S/C12H23NO/c1-9(2)8-10-6-7-11(14)13(10)12(3,4)5/h9-10H,6-8H2,1-5H3. The van der Waals surface area contributed by atoms with Crippen LogP contribution < -0.4 is 0 Å². The Balaban J connectivity index is 2.72. The van der Waals surface area contributed by atoms with Gasteiger partial charge in [0.05, 0.1) is 0 Å². The smallest absolute Gasteiger partial charge is 0.223 e. The molecule has 1 amide bonds. The maximum Gasteiger partial charge on any atom is 0.223 e. The molecule has 1 aliphatic rings. The van der Waals surface area contributed by atoms with Gasteiger partial charge in [-0.25, -0.2) is 0 Å². The van der Waals surface area contributed by atoms with Crippen molar-refractivity contribution in [2.75, 3.05) is 0 Å². The zero-order chi connectivity index (χ0) is 10.9. The third-order valence-corrected chi connectivity index (χ3v) is 2.79. The van der Waals surface area contributed by atoms with Gasteiger partial charge in [-0.1, -0.05) is 13.8 Å². The van der Waals surface area contributed by atoms with Gasteiger partial charge in [0.1, 0.15) is 0 Å². The topological polar surface area (TPSA) is 20.3 Å². The van der Waals surface area contributed by atoms with Crippen LogP contribution in [0, 0.1) is 5.92 Å². The lowest BCUT2D eigenvalue weighted by Gasteiger charge is -2.38. The zero-order valence-corrected chi connectivity index (χ0v) is 10.1. The van der Waals surface area contributed by atoms with Gasteiger partial charge in [0.15, 0.2) is 0 Å². The number of carbonyl (C=O) groups excluding carboxylic acids is 1. The number of likely N-dealkylation sites (tertiary alicyclic amines) is 1. The van der Waals surface area contributed by atoms with Crippen molar-refractivity contribution in [3.8, 4) is 0 Å². The fraction of sp³-hybridized carbons (Fsp3) is 0.917. The molecule has 14 heavy (non-hydrogen) atoms. The first-order valence-electron chi connectivity index (χ1n) is 5.64. The molecule has 0 aromatic rings. The second-order valence-electron chi connectivity index (χ2n) is 5.76. The van der Waals surface area contributed by atoms with Gasteiger partial charge >= 0.3 is 0 Å². The molecule has 0 aromatic heterocycles. The van der Waals surface area contributed by atoms with E-state index in [1.165, 1.54) is 0 Å². The van der Waals surface area contributed by atoms with Crippen molar-refractivity contribution in [1.82, 2.24) is 4.90 Å². The number of rotatable bonds is 2. The molecular formula is C12H23NO. The summed E-state index contributed by atoms with van der Waals surface area (Å²) in [6.45, 7) is 10.8. The minimum Gasteiger partial charge on any atom is -0.335 e. The Bertz CT molecular complexity index is 215. The molecule has 1 saturated heterocycles. The molecule has 0 radical (unpaired) electrons. The second kappa shape index (κ2) is 3.92. The van der Waals surface area contributed by atoms with E-state index in [0.29, 0.717) is 17.9 Å². The first-order valence-corrected chi connectivity index (χ1v) is 5.64. The second-order valence-corrected chi connectivity index (χ2v) is 5.76. The number of nitrogens with zero attached hydrogens (tertiary/aromatic N) is 1. The van der Waals surface area contributed by atoms with Crippen molar-refractivity contribution in [3.05, 3.63) is 0 Å². The maximum absolute atomic E-state index is 11.7. The Kier molecular flexibility index (Phi) is 3.23. The zero-order valence-electron chi connectivity index (χ0n) is 10.1. The molecule has 1 unspecified atom stereocenters. The van der Waals surface area contributed by atoms with Gasteiger partial charge in [0.2, 0.25) is 5.91 Å². The van der Waals surface area contributed by atoms with E-state index in [9.17, 15) is 4.79 Å². The largest absolute Gasteiger partial charge is 0.335 e. The quantitative estimate of drug-likeness (QED) is 0.666. The predicted octanol–water partition coefficient (Wildman–Crippen LogP) is 2.82. The molecule has 2 nitrogen and oxygen atoms in total. The van der Waals surface area contributed by atoms with E-state index in [2.05, 4.69) is 39.5 Å². The number of carbonyl (C=O) groups is 1. The Morgan fingerprint density at radius 3 is 2.43 bits per heavy atom. The molecule has 1 rings (SSSR count). The average molecular weight is 197 g/mol. The van der Waals surface area contributed by atoms with Crippen molar-refractivity contribution < 1.29 is 4.79 Å². The van der Waals surface area contributed by atoms with Gasteiger partial charge in [-0.2, -0.15) is 0 Å². The van der Waals surface area contributed by atoms with Gasteiger partial charge in [0.25, 0.3) is 0 Å². The van der Waals surface area contributed by atoms with Gasteiger partial charge in [0, 0.05) is 18.0 Å². The molecule has 1 fully saturated rings. The Morgan fingerprint density at radius 2 is 2.00 bits per heavy atom. The van der Waals surface area contributed by atoms with Crippen molar-refractivity contribution >= 4 is 5.91 Å². The molecule has 0 spiro atoms. The maximum atomic E-state index is 11.7. The fourth-order valence-electron chi connectivity index (χ4n) is 2.43. The van der Waals surface area contributed by atoms with Gasteiger partial charge in [-0.15, -0.1) is 0 Å². The minimum absolute atomic E-state index is 0.00681. The molecule has 1 atom stereocenters. The van der Waals surface area contributed by atoms with E-state index >= 15 is 0 Å². The lowest BCUT2D eigenvalue weighted by molar-refractivity contribution is -0.133. The predicted molar refractivity (Wildman–Crippen MR) is 59.1 cm³/mol. The molecule has 0 aromatic carbocycles. The van der Waals surface area contributed by atoms with Crippen LogP contribution in [0.2, 0.25) is 0 Å². The van der Waals surface area contributed by atoms with Crippen molar-refractivity contribution in [2.45, 2.75) is 65.5 Å². The summed E-state index contributed by atoms with van der Waals surface area (Å²) in [5.74, 6) is 1.01. The van der Waals surface area contributed by atoms with Crippen LogP contribution in [0.3, 0.4) is 0 Å². The summed E-state index contributed by atoms with van der Waals surface area (Å²) in [6.07, 6.45) is 2.94. The summed E-state index contributed by atoms with van der Waals surface area (Å²) in [5, 5.41) is 0. The van der Waals surface area contributed by atoms with Crippen LogP contribution in [-0.2, 0) is 4.79 Å². The van der Waals surface area contributed by atoms with Gasteiger partial charge in [-0.3, -0.25) is 4.79 Å². The first kappa shape index (κ1) is 11.5. The highest BCUT2D eigenvalue weighted by Crippen LogP contribution is 2.30. The highest BCUT2D eigenvalue weighted by Gasteiger charge is 2.37. The molecule has 2 heteroatoms. The van der Waals surface area contributed by atoms with Crippen LogP contribution in [0.4, 0.5) is 0 Å². The summed E-state index contributed by atoms with van der Waals surface area (Å²) in [6, 6.07) is 0.475. The van der Waals surface area contributed by atoms with Crippen LogP contribution in [0.25, 0.3) is 0 Å². The van der Waals surface area contributed by atoms with E-state index in [1.54, 1.807) is 0 Å². The average Bonchev–Trinajstić information content (AvgIpc) is 2.28. The molecule has 0 saturated carbocycles. The first-order chi connectivity index (χ1) is 6.32. The highest BCUT2D eigenvalue weighted by molar-refractivity contribution is 5.79. The lowest BCUT2D eigenvalue weighted by Crippen LogP contribution is -2.47. The van der Waals surface area contributed by atoms with E-state index < -0.39 is 0 Å². The Hall–Kier alpha value is -0.530. The number of amides is 1. The fourth-order valence-corrected chi connectivity index (χ4v) is 2.43. The number of hydrogen-bond acceptors (Lipinski definition) is 1. The van der Waals surface area contributed by atoms with Crippen LogP contribution in [0.15, 0.2) is 0 Å². The van der Waals surface area contributed by atoms with Crippen LogP contribution >= 0.6 is 0 Å². The van der Waals surface area contributed by atoms with Crippen LogP contribution in [0.5, 0.6) is 0 Å². The van der Waals surface area contributed by atoms with Crippen LogP contribution in [-0.4, -0.2) is 22.4 Å². The van der Waals surface area contributed by atoms with E-state index in [1.807, 2.05) is 0 Å². The summed E-state index contributed by atoms with van der Waals surface area (Å²) in [5.41, 5.74) is -0.00681. The molecule has 1 aliphatic heterocycles. The molecule has 1 heterocycles. The van der Waals surface area contributed by atoms with Gasteiger partial charge < -0.3 is 4.90 Å². The molecule has 0 aliphatic carbocycles. The van der Waals surface area contributed by atoms with Crippen molar-refractivity contribution in [1.29, 1.82) is 0 Å². The van der Waals surface area contributed by atoms with E-state index in [-0.39, 0.29) is 5.54 Å². The lowest BCUT2D eigenvalue weighted by atomic mass is 9.98. The molecule has 0 bridgehead atoms. The third kappa shape index (κ3) is 2.49. The monoisotopic (exact) mass is 197 g/mol. The summed E-state index contributed by atoms with van der Waals surface area (Å²) < 4.78 is 0. The summed E-state index contributed by atoms with van der Waals surface area (Å²) in [4.78, 5) is 13.8. The Labute approximate surface area is 87.7 Å². The molecular weight excluding hydrogens is 174 g/mol. The minimum atomic E-state index is -0.00681. The SMILES string of the molecule is CC(C)CC1CCC(=O)N1C(C)(C)C.